The van der Waals surface area contributed by atoms with Crippen LogP contribution < -0.4 is 15.8 Å². The van der Waals surface area contributed by atoms with E-state index in [9.17, 15) is 9.59 Å². The molecule has 3 N–H and O–H groups in total. The van der Waals surface area contributed by atoms with E-state index < -0.39 is 12.1 Å². The van der Waals surface area contributed by atoms with Gasteiger partial charge in [0.2, 0.25) is 11.9 Å². The zero-order chi connectivity index (χ0) is 18.2. The number of benzene rings is 1. The van der Waals surface area contributed by atoms with E-state index in [1.807, 2.05) is 6.92 Å². The van der Waals surface area contributed by atoms with Gasteiger partial charge in [0.25, 0.3) is 0 Å². The molecule has 0 saturated heterocycles. The first kappa shape index (κ1) is 18.4. The van der Waals surface area contributed by atoms with Gasteiger partial charge in [0.15, 0.2) is 6.10 Å². The number of nitrogens with one attached hydrogen (secondary N) is 1. The van der Waals surface area contributed by atoms with Crippen LogP contribution in [0, 0.1) is 0 Å². The molecule has 0 aliphatic heterocycles. The predicted molar refractivity (Wildman–Crippen MR) is 90.7 cm³/mol. The highest BCUT2D eigenvalue weighted by Gasteiger charge is 2.15. The number of hydrogen-bond acceptors (Lipinski definition) is 8. The fourth-order valence-corrected chi connectivity index (χ4v) is 2.12. The Kier molecular flexibility index (Phi) is 6.44. The number of anilines is 1. The third kappa shape index (κ3) is 5.87. The minimum Gasteiger partial charge on any atom is -0.490 e. The van der Waals surface area contributed by atoms with Crippen molar-refractivity contribution in [2.24, 2.45) is 0 Å². The van der Waals surface area contributed by atoms with Gasteiger partial charge in [-0.15, -0.1) is 10.2 Å². The van der Waals surface area contributed by atoms with Crippen molar-refractivity contribution in [3.63, 3.8) is 0 Å². The molecule has 134 valence electrons. The van der Waals surface area contributed by atoms with Crippen molar-refractivity contribution in [2.75, 3.05) is 18.9 Å². The Hall–Kier alpha value is -2.97. The molecule has 0 aliphatic carbocycles. The summed E-state index contributed by atoms with van der Waals surface area (Å²) >= 11 is 0. The maximum Gasteiger partial charge on any atom is 0.303 e. The SMILES string of the molecule is CCCC(=O)NCC(COc1ccc2nc(N)nnc2c1)OC(C)=O. The topological polar surface area (TPSA) is 129 Å². The van der Waals surface area contributed by atoms with Crippen LogP contribution in [0.1, 0.15) is 26.7 Å². The summed E-state index contributed by atoms with van der Waals surface area (Å²) in [6.07, 6.45) is 0.578. The molecule has 9 nitrogen and oxygen atoms in total. The molecule has 0 saturated carbocycles. The molecular formula is C16H21N5O4. The third-order valence-electron chi connectivity index (χ3n) is 3.21. The van der Waals surface area contributed by atoms with Crippen LogP contribution in [0.2, 0.25) is 0 Å². The van der Waals surface area contributed by atoms with Gasteiger partial charge in [0.05, 0.1) is 12.1 Å². The standard InChI is InChI=1S/C16H21N5O4/c1-3-4-15(23)18-8-12(25-10(2)22)9-24-11-5-6-13-14(7-11)20-21-16(17)19-13/h5-7,12H,3-4,8-9H2,1-2H3,(H,18,23)(H2,17,19,21). The van der Waals surface area contributed by atoms with Crippen molar-refractivity contribution in [1.29, 1.82) is 0 Å². The lowest BCUT2D eigenvalue weighted by Gasteiger charge is -2.18. The van der Waals surface area contributed by atoms with E-state index in [-0.39, 0.29) is 25.0 Å². The molecule has 1 aromatic carbocycles. The number of ether oxygens (including phenoxy) is 2. The second kappa shape index (κ2) is 8.76. The molecule has 1 atom stereocenters. The first-order valence-electron chi connectivity index (χ1n) is 7.94. The molecular weight excluding hydrogens is 326 g/mol. The van der Waals surface area contributed by atoms with Gasteiger partial charge >= 0.3 is 5.97 Å². The number of nitrogen functional groups attached to an aromatic ring is 1. The van der Waals surface area contributed by atoms with Crippen LogP contribution in [0.15, 0.2) is 18.2 Å². The van der Waals surface area contributed by atoms with Crippen molar-refractivity contribution in [3.05, 3.63) is 18.2 Å². The lowest BCUT2D eigenvalue weighted by molar-refractivity contribution is -0.148. The predicted octanol–water partition coefficient (Wildman–Crippen LogP) is 0.834. The molecule has 2 aromatic rings. The summed E-state index contributed by atoms with van der Waals surface area (Å²) in [6.45, 7) is 3.50. The van der Waals surface area contributed by atoms with Crippen molar-refractivity contribution < 1.29 is 19.1 Å². The number of amides is 1. The average Bonchev–Trinajstić information content (AvgIpc) is 2.57. The van der Waals surface area contributed by atoms with E-state index >= 15 is 0 Å². The van der Waals surface area contributed by atoms with Gasteiger partial charge in [-0.05, 0) is 18.6 Å². The summed E-state index contributed by atoms with van der Waals surface area (Å²) in [7, 11) is 0. The van der Waals surface area contributed by atoms with E-state index in [1.54, 1.807) is 18.2 Å². The molecule has 1 aromatic heterocycles. The monoisotopic (exact) mass is 347 g/mol. The first-order valence-corrected chi connectivity index (χ1v) is 7.94. The highest BCUT2D eigenvalue weighted by molar-refractivity contribution is 5.76. The Morgan fingerprint density at radius 3 is 2.80 bits per heavy atom. The number of carbonyl (C=O) groups excluding carboxylic acids is 2. The number of aromatic nitrogens is 3. The minimum atomic E-state index is -0.593. The Labute approximate surface area is 144 Å². The molecule has 9 heteroatoms. The summed E-state index contributed by atoms with van der Waals surface area (Å²) in [4.78, 5) is 26.8. The fraction of sp³-hybridized carbons (Fsp3) is 0.438. The summed E-state index contributed by atoms with van der Waals surface area (Å²) in [5, 5.41) is 10.3. The first-order chi connectivity index (χ1) is 12.0. The quantitative estimate of drug-likeness (QED) is 0.672. The Bertz CT molecular complexity index is 752. The number of rotatable bonds is 8. The number of esters is 1. The summed E-state index contributed by atoms with van der Waals surface area (Å²) in [6, 6.07) is 5.08. The Balaban J connectivity index is 1.97. The maximum absolute atomic E-state index is 11.6. The van der Waals surface area contributed by atoms with Gasteiger partial charge in [0, 0.05) is 19.4 Å². The zero-order valence-corrected chi connectivity index (χ0v) is 14.2. The van der Waals surface area contributed by atoms with E-state index in [0.29, 0.717) is 23.2 Å². The highest BCUT2D eigenvalue weighted by atomic mass is 16.6. The molecule has 1 amide bonds. The molecule has 25 heavy (non-hydrogen) atoms. The number of carbonyl (C=O) groups is 2. The van der Waals surface area contributed by atoms with Gasteiger partial charge in [-0.3, -0.25) is 9.59 Å². The molecule has 0 aliphatic rings. The molecule has 1 heterocycles. The van der Waals surface area contributed by atoms with Crippen LogP contribution in [0.5, 0.6) is 5.75 Å². The number of hydrogen-bond donors (Lipinski definition) is 2. The van der Waals surface area contributed by atoms with Crippen molar-refractivity contribution in [2.45, 2.75) is 32.8 Å². The van der Waals surface area contributed by atoms with Gasteiger partial charge in [-0.2, -0.15) is 0 Å². The van der Waals surface area contributed by atoms with Crippen molar-refractivity contribution in [1.82, 2.24) is 20.5 Å². The van der Waals surface area contributed by atoms with E-state index in [2.05, 4.69) is 20.5 Å². The van der Waals surface area contributed by atoms with Crippen LogP contribution in [-0.4, -0.2) is 46.3 Å². The summed E-state index contributed by atoms with van der Waals surface area (Å²) < 4.78 is 10.8. The number of nitrogens with two attached hydrogens (primary N) is 1. The van der Waals surface area contributed by atoms with E-state index in [4.69, 9.17) is 15.2 Å². The second-order valence-electron chi connectivity index (χ2n) is 5.42. The lowest BCUT2D eigenvalue weighted by atomic mass is 10.3. The summed E-state index contributed by atoms with van der Waals surface area (Å²) in [5.41, 5.74) is 6.62. The van der Waals surface area contributed by atoms with E-state index in [0.717, 1.165) is 6.42 Å². The third-order valence-corrected chi connectivity index (χ3v) is 3.21. The van der Waals surface area contributed by atoms with Crippen LogP contribution in [-0.2, 0) is 14.3 Å². The van der Waals surface area contributed by atoms with E-state index in [1.165, 1.54) is 6.92 Å². The van der Waals surface area contributed by atoms with Crippen LogP contribution >= 0.6 is 0 Å². The van der Waals surface area contributed by atoms with Gasteiger partial charge in [-0.25, -0.2) is 4.98 Å². The van der Waals surface area contributed by atoms with Crippen molar-refractivity contribution >= 4 is 28.9 Å². The molecule has 0 radical (unpaired) electrons. The fourth-order valence-electron chi connectivity index (χ4n) is 2.12. The number of fused-ring (bicyclic) bond motifs is 1. The van der Waals surface area contributed by atoms with Crippen molar-refractivity contribution in [3.8, 4) is 5.75 Å². The normalized spacial score (nSPS) is 11.8. The number of nitrogens with zero attached hydrogens (tertiary/aromatic N) is 3. The largest absolute Gasteiger partial charge is 0.490 e. The minimum absolute atomic E-state index is 0.0906. The zero-order valence-electron chi connectivity index (χ0n) is 14.2. The Morgan fingerprint density at radius 2 is 2.08 bits per heavy atom. The smallest absolute Gasteiger partial charge is 0.303 e. The maximum atomic E-state index is 11.6. The lowest BCUT2D eigenvalue weighted by Crippen LogP contribution is -2.37. The van der Waals surface area contributed by atoms with Gasteiger partial charge < -0.3 is 20.5 Å². The molecule has 2 rings (SSSR count). The second-order valence-corrected chi connectivity index (χ2v) is 5.42. The Morgan fingerprint density at radius 1 is 1.28 bits per heavy atom. The molecule has 0 spiro atoms. The van der Waals surface area contributed by atoms with Crippen LogP contribution in [0.25, 0.3) is 11.0 Å². The highest BCUT2D eigenvalue weighted by Crippen LogP contribution is 2.18. The summed E-state index contributed by atoms with van der Waals surface area (Å²) in [5.74, 6) is 0.0796. The van der Waals surface area contributed by atoms with Crippen LogP contribution in [0.3, 0.4) is 0 Å². The van der Waals surface area contributed by atoms with Crippen LogP contribution in [0.4, 0.5) is 5.95 Å². The molecule has 0 bridgehead atoms. The van der Waals surface area contributed by atoms with Gasteiger partial charge in [-0.1, -0.05) is 6.92 Å². The average molecular weight is 347 g/mol. The van der Waals surface area contributed by atoms with Gasteiger partial charge in [0.1, 0.15) is 17.9 Å². The molecule has 1 unspecified atom stereocenters. The molecule has 0 fully saturated rings.